The molecule has 6 nitrogen and oxygen atoms in total. The van der Waals surface area contributed by atoms with Crippen molar-refractivity contribution in [1.82, 2.24) is 15.2 Å². The molecule has 2 aromatic rings. The van der Waals surface area contributed by atoms with Crippen molar-refractivity contribution in [2.24, 2.45) is 0 Å². The maximum atomic E-state index is 12.9. The molecule has 146 valence electrons. The summed E-state index contributed by atoms with van der Waals surface area (Å²) in [6.07, 6.45) is 4.54. The van der Waals surface area contributed by atoms with E-state index in [-0.39, 0.29) is 11.8 Å². The Morgan fingerprint density at radius 1 is 1.26 bits per heavy atom. The van der Waals surface area contributed by atoms with Gasteiger partial charge in [0.05, 0.1) is 6.54 Å². The number of hydrogen-bond donors (Lipinski definition) is 2. The maximum absolute atomic E-state index is 12.9. The first-order chi connectivity index (χ1) is 12.8. The number of aromatic amines is 1. The Morgan fingerprint density at radius 3 is 2.81 bits per heavy atom. The number of ketones is 1. The number of nitrogens with one attached hydrogen (secondary N) is 2. The van der Waals surface area contributed by atoms with Gasteiger partial charge >= 0.3 is 6.09 Å². The fourth-order valence-corrected chi connectivity index (χ4v) is 3.59. The van der Waals surface area contributed by atoms with E-state index in [1.165, 1.54) is 0 Å². The largest absolute Gasteiger partial charge is 0.444 e. The van der Waals surface area contributed by atoms with Crippen molar-refractivity contribution in [3.8, 4) is 0 Å². The van der Waals surface area contributed by atoms with E-state index in [1.54, 1.807) is 6.20 Å². The second-order valence-electron chi connectivity index (χ2n) is 8.17. The van der Waals surface area contributed by atoms with Crippen LogP contribution in [0.1, 0.15) is 50.4 Å². The number of nitrogens with zero attached hydrogens (tertiary/aromatic N) is 1. The number of carbonyl (C=O) groups excluding carboxylic acids is 2. The van der Waals surface area contributed by atoms with Gasteiger partial charge in [-0.1, -0.05) is 24.6 Å². The molecule has 1 aliphatic rings. The first-order valence-corrected chi connectivity index (χ1v) is 9.64. The van der Waals surface area contributed by atoms with Crippen LogP contribution in [-0.4, -0.2) is 53.0 Å². The number of para-hydroxylation sites is 1. The van der Waals surface area contributed by atoms with E-state index in [9.17, 15) is 9.59 Å². The average Bonchev–Trinajstić information content (AvgIpc) is 3.04. The van der Waals surface area contributed by atoms with Crippen LogP contribution in [0, 0.1) is 0 Å². The number of ether oxygens (including phenoxy) is 1. The Labute approximate surface area is 160 Å². The van der Waals surface area contributed by atoms with Crippen LogP contribution >= 0.6 is 0 Å². The van der Waals surface area contributed by atoms with Gasteiger partial charge in [0.2, 0.25) is 0 Å². The van der Waals surface area contributed by atoms with E-state index in [0.29, 0.717) is 13.1 Å². The molecule has 1 saturated heterocycles. The van der Waals surface area contributed by atoms with Gasteiger partial charge in [-0.25, -0.2) is 4.79 Å². The topological polar surface area (TPSA) is 74.4 Å². The molecule has 1 fully saturated rings. The number of rotatable bonds is 5. The van der Waals surface area contributed by atoms with Gasteiger partial charge in [0.1, 0.15) is 5.60 Å². The number of amides is 1. The predicted octanol–water partition coefficient (Wildman–Crippen LogP) is 3.73. The maximum Gasteiger partial charge on any atom is 0.407 e. The smallest absolute Gasteiger partial charge is 0.407 e. The number of carbonyl (C=O) groups is 2. The molecule has 1 amide bonds. The molecule has 2 N–H and O–H groups in total. The van der Waals surface area contributed by atoms with Gasteiger partial charge in [0.15, 0.2) is 5.78 Å². The number of likely N-dealkylation sites (tertiary alicyclic amines) is 1. The van der Waals surface area contributed by atoms with Crippen molar-refractivity contribution in [2.45, 2.75) is 51.7 Å². The van der Waals surface area contributed by atoms with Crippen LogP contribution in [0.15, 0.2) is 30.5 Å². The van der Waals surface area contributed by atoms with Crippen molar-refractivity contribution in [3.05, 3.63) is 36.0 Å². The zero-order valence-electron chi connectivity index (χ0n) is 16.4. The van der Waals surface area contributed by atoms with E-state index in [4.69, 9.17) is 4.74 Å². The number of piperidine rings is 1. The summed E-state index contributed by atoms with van der Waals surface area (Å²) in [5.74, 6) is 0.108. The number of fused-ring (bicyclic) bond motifs is 1. The highest BCUT2D eigenvalue weighted by Gasteiger charge is 2.26. The molecule has 1 atom stereocenters. The molecule has 0 spiro atoms. The molecule has 0 bridgehead atoms. The number of Topliss-reactive ketones (excluding diaryl/α,β-unsaturated/α-hetero) is 1. The molecular formula is C21H29N3O3. The lowest BCUT2D eigenvalue weighted by Crippen LogP contribution is -2.49. The Hall–Kier alpha value is -2.34. The molecule has 27 heavy (non-hydrogen) atoms. The number of benzene rings is 1. The first kappa shape index (κ1) is 19.4. The normalized spacial score (nSPS) is 18.4. The number of aromatic nitrogens is 1. The lowest BCUT2D eigenvalue weighted by atomic mass is 10.0. The Bertz CT molecular complexity index is 806. The zero-order valence-corrected chi connectivity index (χ0v) is 16.4. The summed E-state index contributed by atoms with van der Waals surface area (Å²) < 4.78 is 5.31. The standard InChI is InChI=1S/C21H29N3O3/c1-21(2,3)27-20(26)23-12-15-8-6-7-11-24(15)14-19(25)17-13-22-18-10-5-4-9-16(17)18/h4-5,9-10,13,15,22H,6-8,11-12,14H2,1-3H3,(H,23,26). The predicted molar refractivity (Wildman–Crippen MR) is 106 cm³/mol. The van der Waals surface area contributed by atoms with Gasteiger partial charge in [-0.3, -0.25) is 9.69 Å². The zero-order chi connectivity index (χ0) is 19.4. The molecule has 6 heteroatoms. The molecule has 1 aliphatic heterocycles. The lowest BCUT2D eigenvalue weighted by Gasteiger charge is -2.35. The lowest BCUT2D eigenvalue weighted by molar-refractivity contribution is 0.0495. The Kier molecular flexibility index (Phi) is 5.85. The molecule has 0 saturated carbocycles. The molecule has 3 rings (SSSR count). The number of hydrogen-bond acceptors (Lipinski definition) is 4. The summed E-state index contributed by atoms with van der Waals surface area (Å²) in [6, 6.07) is 8.00. The van der Waals surface area contributed by atoms with Crippen LogP contribution in [0.25, 0.3) is 10.9 Å². The highest BCUT2D eigenvalue weighted by molar-refractivity contribution is 6.08. The van der Waals surface area contributed by atoms with Crippen molar-refractivity contribution in [2.75, 3.05) is 19.6 Å². The minimum Gasteiger partial charge on any atom is -0.444 e. The van der Waals surface area contributed by atoms with Crippen molar-refractivity contribution in [3.63, 3.8) is 0 Å². The minimum atomic E-state index is -0.512. The van der Waals surface area contributed by atoms with Crippen LogP contribution < -0.4 is 5.32 Å². The van der Waals surface area contributed by atoms with E-state index in [2.05, 4.69) is 15.2 Å². The fourth-order valence-electron chi connectivity index (χ4n) is 3.59. The average molecular weight is 371 g/mol. The van der Waals surface area contributed by atoms with Gasteiger partial charge in [-0.2, -0.15) is 0 Å². The van der Waals surface area contributed by atoms with Gasteiger partial charge in [0.25, 0.3) is 0 Å². The monoisotopic (exact) mass is 371 g/mol. The van der Waals surface area contributed by atoms with Crippen molar-refractivity contribution in [1.29, 1.82) is 0 Å². The summed E-state index contributed by atoms with van der Waals surface area (Å²) in [7, 11) is 0. The summed E-state index contributed by atoms with van der Waals surface area (Å²) in [5.41, 5.74) is 1.19. The van der Waals surface area contributed by atoms with E-state index >= 15 is 0 Å². The summed E-state index contributed by atoms with van der Waals surface area (Å²) >= 11 is 0. The van der Waals surface area contributed by atoms with Crippen molar-refractivity contribution >= 4 is 22.8 Å². The van der Waals surface area contributed by atoms with E-state index < -0.39 is 11.7 Å². The highest BCUT2D eigenvalue weighted by atomic mass is 16.6. The van der Waals surface area contributed by atoms with Crippen LogP contribution in [0.5, 0.6) is 0 Å². The number of alkyl carbamates (subject to hydrolysis) is 1. The third kappa shape index (κ3) is 5.10. The summed E-state index contributed by atoms with van der Waals surface area (Å²) in [4.78, 5) is 30.2. The van der Waals surface area contributed by atoms with Gasteiger partial charge in [-0.15, -0.1) is 0 Å². The van der Waals surface area contributed by atoms with Gasteiger partial charge in [0, 0.05) is 35.2 Å². The van der Waals surface area contributed by atoms with Crippen LogP contribution in [0.2, 0.25) is 0 Å². The first-order valence-electron chi connectivity index (χ1n) is 9.64. The second-order valence-corrected chi connectivity index (χ2v) is 8.17. The Morgan fingerprint density at radius 2 is 2.04 bits per heavy atom. The third-order valence-corrected chi connectivity index (χ3v) is 4.87. The molecule has 1 aromatic heterocycles. The molecule has 0 radical (unpaired) electrons. The molecular weight excluding hydrogens is 342 g/mol. The van der Waals surface area contributed by atoms with E-state index in [0.717, 1.165) is 42.3 Å². The Balaban J connectivity index is 1.61. The van der Waals surface area contributed by atoms with Crippen LogP contribution in [0.3, 0.4) is 0 Å². The SMILES string of the molecule is CC(C)(C)OC(=O)NCC1CCCCN1CC(=O)c1c[nH]c2ccccc12. The van der Waals surface area contributed by atoms with Crippen molar-refractivity contribution < 1.29 is 14.3 Å². The fraction of sp³-hybridized carbons (Fsp3) is 0.524. The molecule has 2 heterocycles. The minimum absolute atomic E-state index is 0.108. The second kappa shape index (κ2) is 8.13. The third-order valence-electron chi connectivity index (χ3n) is 4.87. The summed E-state index contributed by atoms with van der Waals surface area (Å²) in [5, 5.41) is 3.82. The molecule has 1 unspecified atom stereocenters. The van der Waals surface area contributed by atoms with Gasteiger partial charge in [-0.05, 0) is 46.2 Å². The quantitative estimate of drug-likeness (QED) is 0.786. The number of H-pyrrole nitrogens is 1. The molecule has 0 aliphatic carbocycles. The molecule has 1 aromatic carbocycles. The van der Waals surface area contributed by atoms with Gasteiger partial charge < -0.3 is 15.0 Å². The van der Waals surface area contributed by atoms with Crippen LogP contribution in [0.4, 0.5) is 4.79 Å². The van der Waals surface area contributed by atoms with Crippen LogP contribution in [-0.2, 0) is 4.74 Å². The highest BCUT2D eigenvalue weighted by Crippen LogP contribution is 2.21. The van der Waals surface area contributed by atoms with E-state index in [1.807, 2.05) is 45.0 Å². The summed E-state index contributed by atoms with van der Waals surface area (Å²) in [6.45, 7) is 7.27.